The van der Waals surface area contributed by atoms with Gasteiger partial charge < -0.3 is 28.0 Å². The summed E-state index contributed by atoms with van der Waals surface area (Å²) in [6, 6.07) is -0.741. The van der Waals surface area contributed by atoms with Crippen molar-refractivity contribution in [2.45, 2.75) is 104 Å². The van der Waals surface area contributed by atoms with E-state index < -0.39 is 38.1 Å². The molecule has 1 rings (SSSR count). The molecule has 1 fully saturated rings. The summed E-state index contributed by atoms with van der Waals surface area (Å²) in [5, 5.41) is 4.03. The van der Waals surface area contributed by atoms with Crippen LogP contribution in [0.25, 0.3) is 10.4 Å². The smallest absolute Gasteiger partial charge is 0.333 e. The molecule has 0 bridgehead atoms. The van der Waals surface area contributed by atoms with Crippen molar-refractivity contribution in [3.8, 4) is 0 Å². The molecule has 34 heavy (non-hydrogen) atoms. The average Bonchev–Trinajstić information content (AvgIpc) is 2.80. The molecule has 0 N–H and O–H groups in total. The third-order valence-corrected chi connectivity index (χ3v) is 7.65. The fourth-order valence-electron chi connectivity index (χ4n) is 3.81. The maximum Gasteiger partial charge on any atom is 0.333 e. The molecule has 0 aliphatic carbocycles. The minimum Gasteiger partial charge on any atom is -0.379 e. The predicted octanol–water partition coefficient (Wildman–Crippen LogP) is 5.89. The van der Waals surface area contributed by atoms with Crippen LogP contribution in [0.2, 0.25) is 0 Å². The zero-order valence-corrected chi connectivity index (χ0v) is 22.6. The van der Waals surface area contributed by atoms with Crippen LogP contribution in [0, 0.1) is 0 Å². The number of rotatable bonds is 20. The number of nitrogens with zero attached hydrogens (tertiary/aromatic N) is 3. The van der Waals surface area contributed by atoms with Crippen LogP contribution in [0.5, 0.6) is 0 Å². The van der Waals surface area contributed by atoms with E-state index in [9.17, 15) is 10.1 Å². The van der Waals surface area contributed by atoms with E-state index >= 15 is 0 Å². The number of azide groups is 1. The van der Waals surface area contributed by atoms with Gasteiger partial charge >= 0.3 is 7.60 Å². The van der Waals surface area contributed by atoms with E-state index in [-0.39, 0.29) is 19.4 Å². The van der Waals surface area contributed by atoms with Crippen LogP contribution in [-0.2, 0) is 32.6 Å². The molecule has 5 atom stereocenters. The monoisotopic (exact) mass is 507 g/mol. The van der Waals surface area contributed by atoms with Crippen molar-refractivity contribution in [2.24, 2.45) is 5.11 Å². The van der Waals surface area contributed by atoms with Crippen molar-refractivity contribution in [3.63, 3.8) is 0 Å². The van der Waals surface area contributed by atoms with Crippen LogP contribution in [0.4, 0.5) is 0 Å². The van der Waals surface area contributed by atoms with E-state index in [2.05, 4.69) is 30.8 Å². The Labute approximate surface area is 205 Å². The molecule has 0 aromatic carbocycles. The molecule has 1 heterocycles. The van der Waals surface area contributed by atoms with E-state index in [0.717, 1.165) is 38.5 Å². The first-order valence-electron chi connectivity index (χ1n) is 12.9. The Morgan fingerprint density at radius 2 is 1.41 bits per heavy atom. The van der Waals surface area contributed by atoms with E-state index in [0.29, 0.717) is 26.4 Å². The number of ether oxygens (including phenoxy) is 4. The summed E-state index contributed by atoms with van der Waals surface area (Å²) in [5.74, 6) is 0. The predicted molar refractivity (Wildman–Crippen MR) is 132 cm³/mol. The lowest BCUT2D eigenvalue weighted by molar-refractivity contribution is -0.218. The molecule has 1 aliphatic rings. The second-order valence-corrected chi connectivity index (χ2v) is 10.4. The molecule has 0 radical (unpaired) electrons. The van der Waals surface area contributed by atoms with Crippen LogP contribution >= 0.6 is 7.60 Å². The highest BCUT2D eigenvalue weighted by molar-refractivity contribution is 7.53. The minimum atomic E-state index is -3.46. The third-order valence-electron chi connectivity index (χ3n) is 5.54. The van der Waals surface area contributed by atoms with Gasteiger partial charge in [0, 0.05) is 24.7 Å². The van der Waals surface area contributed by atoms with Crippen LogP contribution < -0.4 is 0 Å². The maximum atomic E-state index is 13.3. The van der Waals surface area contributed by atoms with Gasteiger partial charge in [0.05, 0.1) is 44.2 Å². The Bertz CT molecular complexity index is 611. The standard InChI is InChI=1S/C23H46N3O7P/c1-6-11-14-28-17-19-22(29-15-12-7-2)23(30-16-13-8-3)21(25-26-24)20(33-19)18-34(27,31-9-4)32-10-5/h19-23H,6-18H2,1-5H3/t19?,20-,21?,22-,23-/m1/s1. The molecule has 0 amide bonds. The summed E-state index contributed by atoms with van der Waals surface area (Å²) < 4.78 is 49.1. The first-order chi connectivity index (χ1) is 16.5. The summed E-state index contributed by atoms with van der Waals surface area (Å²) >= 11 is 0. The molecular formula is C23H46N3O7P. The molecule has 0 aromatic heterocycles. The number of hydrogen-bond donors (Lipinski definition) is 0. The van der Waals surface area contributed by atoms with Gasteiger partial charge in [-0.2, -0.15) is 0 Å². The Kier molecular flexibility index (Phi) is 17.1. The molecule has 200 valence electrons. The lowest BCUT2D eigenvalue weighted by Crippen LogP contribution is -2.60. The van der Waals surface area contributed by atoms with Gasteiger partial charge in [0.2, 0.25) is 0 Å². The van der Waals surface area contributed by atoms with Gasteiger partial charge in [-0.05, 0) is 38.6 Å². The second-order valence-electron chi connectivity index (χ2n) is 8.34. The highest BCUT2D eigenvalue weighted by Gasteiger charge is 2.49. The van der Waals surface area contributed by atoms with Crippen molar-refractivity contribution >= 4 is 7.60 Å². The van der Waals surface area contributed by atoms with Gasteiger partial charge in [-0.3, -0.25) is 4.57 Å². The zero-order chi connectivity index (χ0) is 25.2. The van der Waals surface area contributed by atoms with E-state index in [1.807, 2.05) is 0 Å². The topological polar surface area (TPSA) is 121 Å². The van der Waals surface area contributed by atoms with Crippen LogP contribution in [-0.4, -0.2) is 76.3 Å². The zero-order valence-electron chi connectivity index (χ0n) is 21.7. The minimum absolute atomic E-state index is 0.0425. The second kappa shape index (κ2) is 18.6. The molecule has 0 saturated carbocycles. The average molecular weight is 508 g/mol. The Morgan fingerprint density at radius 3 is 1.94 bits per heavy atom. The van der Waals surface area contributed by atoms with Crippen molar-refractivity contribution in [2.75, 3.05) is 45.8 Å². The molecule has 10 nitrogen and oxygen atoms in total. The van der Waals surface area contributed by atoms with Gasteiger partial charge in [-0.15, -0.1) is 0 Å². The van der Waals surface area contributed by atoms with Crippen molar-refractivity contribution in [1.29, 1.82) is 0 Å². The quantitative estimate of drug-likeness (QED) is 0.0662. The third kappa shape index (κ3) is 10.9. The SMILES string of the molecule is CCCCOCC1O[C@H](CP(=O)(OCC)OCC)C(N=[N+]=[N-])[C@@H](OCCCC)[C@@H]1OCCCC. The van der Waals surface area contributed by atoms with Gasteiger partial charge in [0.15, 0.2) is 0 Å². The van der Waals surface area contributed by atoms with E-state index in [4.69, 9.17) is 28.0 Å². The van der Waals surface area contributed by atoms with E-state index in [1.165, 1.54) is 0 Å². The molecule has 2 unspecified atom stereocenters. The first-order valence-corrected chi connectivity index (χ1v) is 14.6. The van der Waals surface area contributed by atoms with Crippen molar-refractivity contribution < 1.29 is 32.6 Å². The number of unbranched alkanes of at least 4 members (excludes halogenated alkanes) is 3. The Morgan fingerprint density at radius 1 is 0.853 bits per heavy atom. The summed E-state index contributed by atoms with van der Waals surface area (Å²) in [4.78, 5) is 3.06. The van der Waals surface area contributed by atoms with Gasteiger partial charge in [0.25, 0.3) is 0 Å². The first kappa shape index (κ1) is 31.3. The molecule has 11 heteroatoms. The molecule has 0 aromatic rings. The fourth-order valence-corrected chi connectivity index (χ4v) is 5.63. The van der Waals surface area contributed by atoms with Crippen molar-refractivity contribution in [3.05, 3.63) is 10.4 Å². The normalized spacial score (nSPS) is 25.3. The maximum absolute atomic E-state index is 13.3. The van der Waals surface area contributed by atoms with Gasteiger partial charge in [-0.1, -0.05) is 45.1 Å². The summed E-state index contributed by atoms with van der Waals surface area (Å²) in [6.07, 6.45) is 3.40. The van der Waals surface area contributed by atoms with Gasteiger partial charge in [0.1, 0.15) is 12.2 Å². The molecule has 1 aliphatic heterocycles. The highest BCUT2D eigenvalue weighted by atomic mass is 31.2. The van der Waals surface area contributed by atoms with Crippen LogP contribution in [0.1, 0.15) is 73.1 Å². The van der Waals surface area contributed by atoms with Crippen LogP contribution in [0.3, 0.4) is 0 Å². The highest BCUT2D eigenvalue weighted by Crippen LogP contribution is 2.50. The fraction of sp³-hybridized carbons (Fsp3) is 1.00. The summed E-state index contributed by atoms with van der Waals surface area (Å²) in [5.41, 5.74) is 9.35. The largest absolute Gasteiger partial charge is 0.379 e. The lowest BCUT2D eigenvalue weighted by atomic mass is 9.93. The lowest BCUT2D eigenvalue weighted by Gasteiger charge is -2.45. The summed E-state index contributed by atoms with van der Waals surface area (Å²) in [7, 11) is -3.46. The Balaban J connectivity index is 3.26. The molecule has 1 saturated heterocycles. The van der Waals surface area contributed by atoms with E-state index in [1.54, 1.807) is 13.8 Å². The summed E-state index contributed by atoms with van der Waals surface area (Å²) in [6.45, 7) is 12.2. The Hall–Kier alpha value is -0.700. The van der Waals surface area contributed by atoms with Crippen molar-refractivity contribution in [1.82, 2.24) is 0 Å². The van der Waals surface area contributed by atoms with Crippen LogP contribution in [0.15, 0.2) is 5.11 Å². The molecular weight excluding hydrogens is 461 g/mol. The number of hydrogen-bond acceptors (Lipinski definition) is 8. The molecule has 0 spiro atoms. The van der Waals surface area contributed by atoms with Gasteiger partial charge in [-0.25, -0.2) is 0 Å².